The van der Waals surface area contributed by atoms with E-state index in [-0.39, 0.29) is 0 Å². The van der Waals surface area contributed by atoms with Gasteiger partial charge in [-0.25, -0.2) is 0 Å². The Kier molecular flexibility index (Phi) is 13.2. The van der Waals surface area contributed by atoms with Crippen molar-refractivity contribution in [3.8, 4) is 57.0 Å². The number of hydrogen-bond donors (Lipinski definition) is 2. The van der Waals surface area contributed by atoms with Crippen LogP contribution in [0.2, 0.25) is 0 Å². The van der Waals surface area contributed by atoms with Gasteiger partial charge >= 0.3 is 0 Å². The highest BCUT2D eigenvalue weighted by Crippen LogP contribution is 2.43. The van der Waals surface area contributed by atoms with E-state index in [1.54, 1.807) is 42.7 Å². The molecule has 0 aliphatic heterocycles. The van der Waals surface area contributed by atoms with Gasteiger partial charge in [-0.15, -0.1) is 0 Å². The number of ether oxygens (including phenoxy) is 8. The Labute approximate surface area is 282 Å². The van der Waals surface area contributed by atoms with E-state index in [9.17, 15) is 0 Å². The second-order valence-corrected chi connectivity index (χ2v) is 10.7. The fraction of sp³-hybridized carbons (Fsp3) is 0.389. The average Bonchev–Trinajstić information content (AvgIpc) is 3.14. The Morgan fingerprint density at radius 3 is 1.23 bits per heavy atom. The number of rotatable bonds is 19. The third-order valence-electron chi connectivity index (χ3n) is 7.96. The van der Waals surface area contributed by atoms with E-state index in [0.29, 0.717) is 67.5 Å². The first-order valence-corrected chi connectivity index (χ1v) is 15.5. The largest absolute Gasteiger partial charge is 0.493 e. The van der Waals surface area contributed by atoms with Crippen molar-refractivity contribution in [3.05, 3.63) is 72.1 Å². The number of methoxy groups -OCH3 is 6. The predicted molar refractivity (Wildman–Crippen MR) is 184 cm³/mol. The van der Waals surface area contributed by atoms with Gasteiger partial charge in [-0.05, 0) is 61.6 Å². The molecule has 48 heavy (non-hydrogen) atoms. The molecule has 0 saturated heterocycles. The van der Waals surface area contributed by atoms with Crippen molar-refractivity contribution in [2.75, 3.05) is 89.7 Å². The van der Waals surface area contributed by atoms with Gasteiger partial charge in [0.2, 0.25) is 11.5 Å². The molecule has 0 amide bonds. The topological polar surface area (TPSA) is 124 Å². The van der Waals surface area contributed by atoms with Crippen molar-refractivity contribution in [1.29, 1.82) is 0 Å². The van der Waals surface area contributed by atoms with Gasteiger partial charge in [-0.2, -0.15) is 0 Å². The molecule has 0 fully saturated rings. The standard InChI is InChI=1S/C36H46N4O8/c1-37-23-36(38-2,26-9-11-28(39-21-26)24-17-30(43-5)34(31(18-24)44-6)47-15-13-41-3)27-10-12-29(40-22-27)25-19-32(45-7)35(33(20-25)46-8)48-16-14-42-4/h9-12,17-22,37-38H,13-16,23H2,1-8H3. The van der Waals surface area contributed by atoms with Crippen molar-refractivity contribution in [2.24, 2.45) is 0 Å². The Morgan fingerprint density at radius 2 is 0.958 bits per heavy atom. The summed E-state index contributed by atoms with van der Waals surface area (Å²) in [6.45, 7) is 2.19. The van der Waals surface area contributed by atoms with Gasteiger partial charge in [0, 0.05) is 44.3 Å². The molecule has 4 aromatic rings. The minimum atomic E-state index is -0.630. The maximum absolute atomic E-state index is 5.88. The number of likely N-dealkylation sites (N-methyl/N-ethyl adjacent to an activating group) is 2. The zero-order valence-electron chi connectivity index (χ0n) is 29.0. The molecule has 0 bridgehead atoms. The Bertz CT molecular complexity index is 1440. The summed E-state index contributed by atoms with van der Waals surface area (Å²) in [4.78, 5) is 9.71. The quantitative estimate of drug-likeness (QED) is 0.137. The summed E-state index contributed by atoms with van der Waals surface area (Å²) in [6.07, 6.45) is 3.74. The van der Waals surface area contributed by atoms with Crippen LogP contribution in [-0.4, -0.2) is 99.7 Å². The molecule has 4 rings (SSSR count). The summed E-state index contributed by atoms with van der Waals surface area (Å²) in [6, 6.07) is 15.6. The monoisotopic (exact) mass is 662 g/mol. The van der Waals surface area contributed by atoms with Gasteiger partial charge in [0.15, 0.2) is 23.0 Å². The van der Waals surface area contributed by atoms with Crippen LogP contribution in [-0.2, 0) is 15.0 Å². The van der Waals surface area contributed by atoms with Crippen LogP contribution < -0.4 is 39.1 Å². The zero-order valence-corrected chi connectivity index (χ0v) is 29.0. The van der Waals surface area contributed by atoms with Crippen LogP contribution in [0.5, 0.6) is 34.5 Å². The first-order chi connectivity index (χ1) is 23.4. The molecule has 2 N–H and O–H groups in total. The third kappa shape index (κ3) is 7.91. The predicted octanol–water partition coefficient (Wildman–Crippen LogP) is 4.58. The fourth-order valence-corrected chi connectivity index (χ4v) is 5.44. The van der Waals surface area contributed by atoms with E-state index in [1.165, 1.54) is 0 Å². The SMILES string of the molecule is CNCC(NC)(c1ccc(-c2cc(OC)c(OCCOC)c(OC)c2)nc1)c1ccc(-c2cc(OC)c(OCCOC)c(OC)c2)nc1. The molecular formula is C36H46N4O8. The molecule has 0 unspecified atom stereocenters. The molecule has 0 aliphatic carbocycles. The number of aromatic nitrogens is 2. The lowest BCUT2D eigenvalue weighted by Crippen LogP contribution is -2.48. The van der Waals surface area contributed by atoms with Gasteiger partial charge in [0.1, 0.15) is 13.2 Å². The number of nitrogens with one attached hydrogen (secondary N) is 2. The molecular weight excluding hydrogens is 616 g/mol. The van der Waals surface area contributed by atoms with E-state index in [0.717, 1.165) is 33.6 Å². The molecule has 2 aromatic heterocycles. The lowest BCUT2D eigenvalue weighted by Gasteiger charge is -2.34. The summed E-state index contributed by atoms with van der Waals surface area (Å²) in [5.74, 6) is 3.20. The van der Waals surface area contributed by atoms with Crippen LogP contribution in [0.3, 0.4) is 0 Å². The summed E-state index contributed by atoms with van der Waals surface area (Å²) < 4.78 is 44.5. The fourth-order valence-electron chi connectivity index (χ4n) is 5.44. The van der Waals surface area contributed by atoms with Crippen molar-refractivity contribution < 1.29 is 37.9 Å². The highest BCUT2D eigenvalue weighted by molar-refractivity contribution is 5.70. The lowest BCUT2D eigenvalue weighted by atomic mass is 9.84. The summed E-state index contributed by atoms with van der Waals surface area (Å²) in [5, 5.41) is 6.86. The highest BCUT2D eigenvalue weighted by atomic mass is 16.6. The van der Waals surface area contributed by atoms with Crippen molar-refractivity contribution in [1.82, 2.24) is 20.6 Å². The van der Waals surface area contributed by atoms with E-state index >= 15 is 0 Å². The van der Waals surface area contributed by atoms with Crippen LogP contribution in [0.1, 0.15) is 11.1 Å². The maximum atomic E-state index is 5.88. The van der Waals surface area contributed by atoms with E-state index in [1.807, 2.05) is 62.9 Å². The molecule has 12 nitrogen and oxygen atoms in total. The van der Waals surface area contributed by atoms with Crippen LogP contribution >= 0.6 is 0 Å². The van der Waals surface area contributed by atoms with Crippen molar-refractivity contribution >= 4 is 0 Å². The number of benzene rings is 2. The number of nitrogens with zero attached hydrogens (tertiary/aromatic N) is 2. The van der Waals surface area contributed by atoms with Crippen molar-refractivity contribution in [2.45, 2.75) is 5.54 Å². The zero-order chi connectivity index (χ0) is 34.5. The normalized spacial score (nSPS) is 11.2. The van der Waals surface area contributed by atoms with Crippen molar-refractivity contribution in [3.63, 3.8) is 0 Å². The Balaban J connectivity index is 1.67. The van der Waals surface area contributed by atoms with Crippen LogP contribution in [0, 0.1) is 0 Å². The second-order valence-electron chi connectivity index (χ2n) is 10.7. The summed E-state index contributed by atoms with van der Waals surface area (Å²) in [5.41, 5.74) is 4.43. The van der Waals surface area contributed by atoms with Crippen LogP contribution in [0.25, 0.3) is 22.5 Å². The summed E-state index contributed by atoms with van der Waals surface area (Å²) in [7, 11) is 13.5. The Morgan fingerprint density at radius 1 is 0.562 bits per heavy atom. The third-order valence-corrected chi connectivity index (χ3v) is 7.96. The molecule has 0 aliphatic rings. The maximum Gasteiger partial charge on any atom is 0.203 e. The molecule has 258 valence electrons. The minimum absolute atomic E-state index is 0.363. The highest BCUT2D eigenvalue weighted by Gasteiger charge is 2.33. The van der Waals surface area contributed by atoms with Gasteiger partial charge in [0.25, 0.3) is 0 Å². The van der Waals surface area contributed by atoms with Gasteiger partial charge in [-0.3, -0.25) is 9.97 Å². The second kappa shape index (κ2) is 17.5. The average molecular weight is 663 g/mol. The van der Waals surface area contributed by atoms with Gasteiger partial charge < -0.3 is 48.5 Å². The molecule has 2 aromatic carbocycles. The van der Waals surface area contributed by atoms with E-state index < -0.39 is 5.54 Å². The van der Waals surface area contributed by atoms with E-state index in [2.05, 4.69) is 22.8 Å². The Hall–Kier alpha value is -4.62. The molecule has 2 heterocycles. The van der Waals surface area contributed by atoms with E-state index in [4.69, 9.17) is 47.9 Å². The smallest absolute Gasteiger partial charge is 0.203 e. The lowest BCUT2D eigenvalue weighted by molar-refractivity contribution is 0.142. The molecule has 0 atom stereocenters. The van der Waals surface area contributed by atoms with Gasteiger partial charge in [0.05, 0.1) is 58.6 Å². The molecule has 0 radical (unpaired) electrons. The molecule has 12 heteroatoms. The molecule has 0 saturated carbocycles. The first kappa shape index (κ1) is 36.2. The van der Waals surface area contributed by atoms with Crippen LogP contribution in [0.4, 0.5) is 0 Å². The number of hydrogen-bond acceptors (Lipinski definition) is 12. The van der Waals surface area contributed by atoms with Crippen LogP contribution in [0.15, 0.2) is 60.9 Å². The minimum Gasteiger partial charge on any atom is -0.493 e. The van der Waals surface area contributed by atoms with Gasteiger partial charge in [-0.1, -0.05) is 12.1 Å². The summed E-state index contributed by atoms with van der Waals surface area (Å²) >= 11 is 0. The number of pyridine rings is 2. The molecule has 0 spiro atoms. The first-order valence-electron chi connectivity index (χ1n) is 15.5.